The lowest BCUT2D eigenvalue weighted by molar-refractivity contribution is -0.123. The summed E-state index contributed by atoms with van der Waals surface area (Å²) in [6, 6.07) is 8.02. The van der Waals surface area contributed by atoms with Crippen LogP contribution >= 0.6 is 27.7 Å². The number of halogens is 1. The van der Waals surface area contributed by atoms with Gasteiger partial charge in [0.05, 0.1) is 5.75 Å². The van der Waals surface area contributed by atoms with Gasteiger partial charge >= 0.3 is 0 Å². The Bertz CT molecular complexity index is 338. The predicted octanol–water partition coefficient (Wildman–Crippen LogP) is 4.16. The highest BCUT2D eigenvalue weighted by atomic mass is 79.9. The molecule has 15 heavy (non-hydrogen) atoms. The molecule has 1 nitrogen and oxygen atoms in total. The summed E-state index contributed by atoms with van der Waals surface area (Å²) in [5, 5.41) is 0. The van der Waals surface area contributed by atoms with Crippen LogP contribution in [0.2, 0.25) is 0 Å². The van der Waals surface area contributed by atoms with Crippen molar-refractivity contribution in [3.8, 4) is 0 Å². The van der Waals surface area contributed by atoms with E-state index >= 15 is 0 Å². The van der Waals surface area contributed by atoms with E-state index in [1.165, 1.54) is 0 Å². The van der Waals surface area contributed by atoms with Crippen molar-refractivity contribution < 1.29 is 4.79 Å². The highest BCUT2D eigenvalue weighted by Crippen LogP contribution is 2.24. The Morgan fingerprint density at radius 3 is 2.27 bits per heavy atom. The summed E-state index contributed by atoms with van der Waals surface area (Å²) in [5.41, 5.74) is -0.234. The molecule has 0 N–H and O–H groups in total. The van der Waals surface area contributed by atoms with E-state index in [2.05, 4.69) is 15.9 Å². The molecule has 0 amide bonds. The van der Waals surface area contributed by atoms with E-state index in [1.54, 1.807) is 11.8 Å². The molecular weight excluding hydrogens is 272 g/mol. The molecule has 0 spiro atoms. The Morgan fingerprint density at radius 2 is 1.80 bits per heavy atom. The first kappa shape index (κ1) is 12.8. The second kappa shape index (κ2) is 5.17. The standard InChI is InChI=1S/C12H15BrOS/c1-12(2,3)11(14)8-15-10-6-4-9(13)5-7-10/h4-7H,8H2,1-3H3. The first-order valence-electron chi connectivity index (χ1n) is 4.81. The highest BCUT2D eigenvalue weighted by molar-refractivity contribution is 9.10. The van der Waals surface area contributed by atoms with Crippen LogP contribution in [-0.4, -0.2) is 11.5 Å². The van der Waals surface area contributed by atoms with Crippen molar-refractivity contribution in [2.45, 2.75) is 25.7 Å². The summed E-state index contributed by atoms with van der Waals surface area (Å²) in [7, 11) is 0. The fraction of sp³-hybridized carbons (Fsp3) is 0.417. The van der Waals surface area contributed by atoms with Crippen LogP contribution in [-0.2, 0) is 4.79 Å². The third-order valence-corrected chi connectivity index (χ3v) is 3.56. The van der Waals surface area contributed by atoms with E-state index in [-0.39, 0.29) is 11.2 Å². The number of rotatable bonds is 3. The summed E-state index contributed by atoms with van der Waals surface area (Å²) < 4.78 is 1.06. The van der Waals surface area contributed by atoms with E-state index in [4.69, 9.17) is 0 Å². The molecule has 0 unspecified atom stereocenters. The third kappa shape index (κ3) is 4.39. The lowest BCUT2D eigenvalue weighted by Crippen LogP contribution is -2.21. The fourth-order valence-electron chi connectivity index (χ4n) is 0.896. The Labute approximate surface area is 104 Å². The molecule has 0 saturated carbocycles. The maximum Gasteiger partial charge on any atom is 0.148 e. The van der Waals surface area contributed by atoms with Gasteiger partial charge in [-0.15, -0.1) is 11.8 Å². The van der Waals surface area contributed by atoms with Gasteiger partial charge in [-0.3, -0.25) is 4.79 Å². The van der Waals surface area contributed by atoms with Crippen LogP contribution in [0.1, 0.15) is 20.8 Å². The number of hydrogen-bond acceptors (Lipinski definition) is 2. The smallest absolute Gasteiger partial charge is 0.148 e. The van der Waals surface area contributed by atoms with E-state index in [1.807, 2.05) is 45.0 Å². The summed E-state index contributed by atoms with van der Waals surface area (Å²) >= 11 is 4.97. The van der Waals surface area contributed by atoms with Crippen molar-refractivity contribution in [1.29, 1.82) is 0 Å². The van der Waals surface area contributed by atoms with Crippen molar-refractivity contribution in [1.82, 2.24) is 0 Å². The van der Waals surface area contributed by atoms with Gasteiger partial charge in [0.2, 0.25) is 0 Å². The van der Waals surface area contributed by atoms with Gasteiger partial charge in [-0.05, 0) is 24.3 Å². The van der Waals surface area contributed by atoms with E-state index < -0.39 is 0 Å². The predicted molar refractivity (Wildman–Crippen MR) is 69.3 cm³/mol. The number of benzene rings is 1. The van der Waals surface area contributed by atoms with Crippen LogP contribution in [0.5, 0.6) is 0 Å². The topological polar surface area (TPSA) is 17.1 Å². The molecule has 0 heterocycles. The molecule has 0 aromatic heterocycles. The molecule has 0 atom stereocenters. The molecule has 3 heteroatoms. The molecule has 0 saturated heterocycles. The fourth-order valence-corrected chi connectivity index (χ4v) is 2.22. The Balaban J connectivity index is 2.51. The largest absolute Gasteiger partial charge is 0.298 e. The number of ketones is 1. The second-order valence-electron chi connectivity index (χ2n) is 4.42. The number of carbonyl (C=O) groups excluding carboxylic acids is 1. The second-order valence-corrected chi connectivity index (χ2v) is 6.38. The summed E-state index contributed by atoms with van der Waals surface area (Å²) in [4.78, 5) is 12.8. The minimum absolute atomic E-state index is 0.234. The highest BCUT2D eigenvalue weighted by Gasteiger charge is 2.20. The van der Waals surface area contributed by atoms with Crippen molar-refractivity contribution >= 4 is 33.5 Å². The van der Waals surface area contributed by atoms with Crippen molar-refractivity contribution in [3.63, 3.8) is 0 Å². The van der Waals surface area contributed by atoms with Crippen molar-refractivity contribution in [2.24, 2.45) is 5.41 Å². The molecule has 82 valence electrons. The minimum atomic E-state index is -0.234. The Morgan fingerprint density at radius 1 is 1.27 bits per heavy atom. The van der Waals surface area contributed by atoms with E-state index in [9.17, 15) is 4.79 Å². The molecule has 1 rings (SSSR count). The summed E-state index contributed by atoms with van der Waals surface area (Å²) in [6.07, 6.45) is 0. The van der Waals surface area contributed by atoms with Crippen LogP contribution in [0.4, 0.5) is 0 Å². The molecule has 0 aliphatic rings. The Hall–Kier alpha value is -0.280. The quantitative estimate of drug-likeness (QED) is 0.777. The first-order chi connectivity index (χ1) is 6.89. The molecule has 0 bridgehead atoms. The van der Waals surface area contributed by atoms with Crippen molar-refractivity contribution in [3.05, 3.63) is 28.7 Å². The molecule has 0 fully saturated rings. The summed E-state index contributed by atoms with van der Waals surface area (Å²) in [6.45, 7) is 5.87. The van der Waals surface area contributed by atoms with Crippen molar-refractivity contribution in [2.75, 3.05) is 5.75 Å². The molecule has 1 aromatic carbocycles. The van der Waals surface area contributed by atoms with Gasteiger partial charge in [0.25, 0.3) is 0 Å². The molecule has 0 radical (unpaired) electrons. The van der Waals surface area contributed by atoms with Crippen LogP contribution < -0.4 is 0 Å². The maximum absolute atomic E-state index is 11.7. The average molecular weight is 287 g/mol. The van der Waals surface area contributed by atoms with Gasteiger partial charge in [-0.25, -0.2) is 0 Å². The lowest BCUT2D eigenvalue weighted by Gasteiger charge is -2.15. The van der Waals surface area contributed by atoms with Gasteiger partial charge in [0, 0.05) is 14.8 Å². The normalized spacial score (nSPS) is 11.5. The number of carbonyl (C=O) groups is 1. The van der Waals surface area contributed by atoms with E-state index in [0.29, 0.717) is 5.75 Å². The lowest BCUT2D eigenvalue weighted by atomic mass is 9.92. The van der Waals surface area contributed by atoms with E-state index in [0.717, 1.165) is 9.37 Å². The van der Waals surface area contributed by atoms with Crippen LogP contribution in [0.25, 0.3) is 0 Å². The zero-order chi connectivity index (χ0) is 11.5. The molecule has 1 aromatic rings. The average Bonchev–Trinajstić information content (AvgIpc) is 2.15. The molecule has 0 aliphatic carbocycles. The van der Waals surface area contributed by atoms with Crippen LogP contribution in [0.15, 0.2) is 33.6 Å². The maximum atomic E-state index is 11.7. The van der Waals surface area contributed by atoms with Gasteiger partial charge in [0.1, 0.15) is 5.78 Å². The van der Waals surface area contributed by atoms with Gasteiger partial charge < -0.3 is 0 Å². The number of thioether (sulfide) groups is 1. The first-order valence-corrected chi connectivity index (χ1v) is 6.59. The zero-order valence-electron chi connectivity index (χ0n) is 9.21. The van der Waals surface area contributed by atoms with Crippen LogP contribution in [0, 0.1) is 5.41 Å². The molecular formula is C12H15BrOS. The van der Waals surface area contributed by atoms with Gasteiger partial charge in [-0.1, -0.05) is 36.7 Å². The Kier molecular flexibility index (Phi) is 4.41. The van der Waals surface area contributed by atoms with Gasteiger partial charge in [-0.2, -0.15) is 0 Å². The number of hydrogen-bond donors (Lipinski definition) is 0. The minimum Gasteiger partial charge on any atom is -0.298 e. The monoisotopic (exact) mass is 286 g/mol. The zero-order valence-corrected chi connectivity index (χ0v) is 11.6. The third-order valence-electron chi connectivity index (χ3n) is 2.02. The molecule has 0 aliphatic heterocycles. The SMILES string of the molecule is CC(C)(C)C(=O)CSc1ccc(Br)cc1. The summed E-state index contributed by atoms with van der Waals surface area (Å²) in [5.74, 6) is 0.834. The van der Waals surface area contributed by atoms with Crippen LogP contribution in [0.3, 0.4) is 0 Å². The van der Waals surface area contributed by atoms with Gasteiger partial charge in [0.15, 0.2) is 0 Å². The number of Topliss-reactive ketones (excluding diaryl/α,β-unsaturated/α-hetero) is 1.